The third kappa shape index (κ3) is 2.61. The second-order valence-electron chi connectivity index (χ2n) is 5.46. The van der Waals surface area contributed by atoms with Gasteiger partial charge in [-0.05, 0) is 17.2 Å². The van der Waals surface area contributed by atoms with Crippen LogP contribution in [0.2, 0.25) is 0 Å². The Morgan fingerprint density at radius 1 is 1.18 bits per heavy atom. The second kappa shape index (κ2) is 6.27. The first-order chi connectivity index (χ1) is 10.7. The Morgan fingerprint density at radius 3 is 2.55 bits per heavy atom. The van der Waals surface area contributed by atoms with Crippen LogP contribution in [-0.2, 0) is 4.74 Å². The summed E-state index contributed by atoms with van der Waals surface area (Å²) in [5.74, 6) is -0.118. The average Bonchev–Trinajstić information content (AvgIpc) is 2.52. The molecule has 1 aliphatic heterocycles. The molecule has 0 aliphatic carbocycles. The Balaban J connectivity index is 1.85. The van der Waals surface area contributed by atoms with Crippen molar-refractivity contribution in [2.75, 3.05) is 13.7 Å². The number of hydrogen-bond donors (Lipinski definition) is 1. The van der Waals surface area contributed by atoms with E-state index in [4.69, 9.17) is 10.00 Å². The van der Waals surface area contributed by atoms with Crippen LogP contribution in [0.4, 0.5) is 4.39 Å². The summed E-state index contributed by atoms with van der Waals surface area (Å²) in [6, 6.07) is 16.7. The molecule has 3 nitrogen and oxygen atoms in total. The van der Waals surface area contributed by atoms with Gasteiger partial charge >= 0.3 is 0 Å². The van der Waals surface area contributed by atoms with Crippen LogP contribution < -0.4 is 5.32 Å². The summed E-state index contributed by atoms with van der Waals surface area (Å²) in [5, 5.41) is 12.4. The van der Waals surface area contributed by atoms with E-state index in [1.54, 1.807) is 19.2 Å². The molecule has 0 bridgehead atoms. The first kappa shape index (κ1) is 14.7. The highest BCUT2D eigenvalue weighted by Crippen LogP contribution is 2.33. The lowest BCUT2D eigenvalue weighted by Crippen LogP contribution is -2.60. The number of ether oxygens (including phenoxy) is 1. The third-order valence-electron chi connectivity index (χ3n) is 4.15. The van der Waals surface area contributed by atoms with Crippen LogP contribution >= 0.6 is 0 Å². The van der Waals surface area contributed by atoms with Gasteiger partial charge in [0.05, 0.1) is 12.7 Å². The molecule has 1 fully saturated rings. The maximum absolute atomic E-state index is 13.8. The standard InChI is InChI=1S/C18H17FN2O/c1-22-11-17-18(16(10-20)21-17)13-8-6-12(7-9-13)14-4-2-3-5-15(14)19/h2-9,16-18,21H,11H2,1H3/t16-,17-,18-/m0/s1. The first-order valence-corrected chi connectivity index (χ1v) is 7.24. The lowest BCUT2D eigenvalue weighted by Gasteiger charge is -2.42. The largest absolute Gasteiger partial charge is 0.383 e. The molecule has 0 amide bonds. The van der Waals surface area contributed by atoms with E-state index in [1.165, 1.54) is 6.07 Å². The van der Waals surface area contributed by atoms with Gasteiger partial charge in [0.2, 0.25) is 0 Å². The summed E-state index contributed by atoms with van der Waals surface area (Å²) < 4.78 is 19.0. The zero-order valence-corrected chi connectivity index (χ0v) is 12.3. The van der Waals surface area contributed by atoms with Crippen LogP contribution in [0.1, 0.15) is 11.5 Å². The maximum Gasteiger partial charge on any atom is 0.131 e. The van der Waals surface area contributed by atoms with Gasteiger partial charge in [-0.2, -0.15) is 5.26 Å². The predicted octanol–water partition coefficient (Wildman–Crippen LogP) is 3.09. The van der Waals surface area contributed by atoms with E-state index in [-0.39, 0.29) is 23.8 Å². The minimum absolute atomic E-state index is 0.111. The van der Waals surface area contributed by atoms with Gasteiger partial charge in [-0.25, -0.2) is 4.39 Å². The van der Waals surface area contributed by atoms with Crippen molar-refractivity contribution in [3.8, 4) is 17.2 Å². The Labute approximate surface area is 129 Å². The molecule has 1 N–H and O–H groups in total. The molecular weight excluding hydrogens is 279 g/mol. The van der Waals surface area contributed by atoms with Gasteiger partial charge in [-0.15, -0.1) is 0 Å². The lowest BCUT2D eigenvalue weighted by atomic mass is 9.78. The highest BCUT2D eigenvalue weighted by Gasteiger charge is 2.41. The van der Waals surface area contributed by atoms with E-state index in [9.17, 15) is 4.39 Å². The molecule has 3 atom stereocenters. The monoisotopic (exact) mass is 296 g/mol. The number of nitrogens with zero attached hydrogens (tertiary/aromatic N) is 1. The number of nitriles is 1. The highest BCUT2D eigenvalue weighted by atomic mass is 19.1. The summed E-state index contributed by atoms with van der Waals surface area (Å²) in [4.78, 5) is 0. The van der Waals surface area contributed by atoms with Crippen LogP contribution in [0.5, 0.6) is 0 Å². The number of halogens is 1. The molecule has 0 radical (unpaired) electrons. The Kier molecular flexibility index (Phi) is 4.19. The average molecular weight is 296 g/mol. The SMILES string of the molecule is COC[C@@H]1N[C@@H](C#N)[C@@H]1c1ccc(-c2ccccc2F)cc1. The van der Waals surface area contributed by atoms with Crippen LogP contribution in [0, 0.1) is 17.1 Å². The lowest BCUT2D eigenvalue weighted by molar-refractivity contribution is 0.108. The quantitative estimate of drug-likeness (QED) is 0.943. The summed E-state index contributed by atoms with van der Waals surface area (Å²) in [5.41, 5.74) is 2.50. The number of rotatable bonds is 4. The number of nitrogens with one attached hydrogen (secondary N) is 1. The molecule has 3 rings (SSSR count). The van der Waals surface area contributed by atoms with Crippen LogP contribution in [0.15, 0.2) is 48.5 Å². The summed E-state index contributed by atoms with van der Waals surface area (Å²) in [6.07, 6.45) is 0. The second-order valence-corrected chi connectivity index (χ2v) is 5.46. The number of methoxy groups -OCH3 is 1. The molecule has 2 aromatic carbocycles. The fourth-order valence-electron chi connectivity index (χ4n) is 3.01. The van der Waals surface area contributed by atoms with Crippen LogP contribution in [-0.4, -0.2) is 25.8 Å². The summed E-state index contributed by atoms with van der Waals surface area (Å²) in [7, 11) is 1.65. The zero-order valence-electron chi connectivity index (χ0n) is 12.3. The summed E-state index contributed by atoms with van der Waals surface area (Å²) in [6.45, 7) is 0.567. The molecular formula is C18H17FN2O. The molecule has 2 aromatic rings. The number of benzene rings is 2. The van der Waals surface area contributed by atoms with E-state index in [1.807, 2.05) is 30.3 Å². The topological polar surface area (TPSA) is 45.0 Å². The maximum atomic E-state index is 13.8. The zero-order chi connectivity index (χ0) is 15.5. The van der Waals surface area contributed by atoms with Crippen molar-refractivity contribution < 1.29 is 9.13 Å². The van der Waals surface area contributed by atoms with Crippen molar-refractivity contribution in [3.05, 3.63) is 59.9 Å². The number of hydrogen-bond acceptors (Lipinski definition) is 3. The van der Waals surface area contributed by atoms with E-state index in [0.717, 1.165) is 11.1 Å². The molecule has 0 unspecified atom stereocenters. The molecule has 0 aromatic heterocycles. The Morgan fingerprint density at radius 2 is 1.91 bits per heavy atom. The normalized spacial score (nSPS) is 23.6. The van der Waals surface area contributed by atoms with Crippen molar-refractivity contribution >= 4 is 0 Å². The van der Waals surface area contributed by atoms with Gasteiger partial charge in [-0.3, -0.25) is 5.32 Å². The van der Waals surface area contributed by atoms with E-state index < -0.39 is 0 Å². The Hall–Kier alpha value is -2.22. The van der Waals surface area contributed by atoms with Gasteiger partial charge in [0.25, 0.3) is 0 Å². The molecule has 1 aliphatic rings. The van der Waals surface area contributed by atoms with Crippen LogP contribution in [0.3, 0.4) is 0 Å². The molecule has 112 valence electrons. The van der Waals surface area contributed by atoms with E-state index in [0.29, 0.717) is 12.2 Å². The molecule has 1 saturated heterocycles. The van der Waals surface area contributed by atoms with Gasteiger partial charge < -0.3 is 4.74 Å². The fraction of sp³-hybridized carbons (Fsp3) is 0.278. The van der Waals surface area contributed by atoms with Crippen LogP contribution in [0.25, 0.3) is 11.1 Å². The van der Waals surface area contributed by atoms with Gasteiger partial charge in [-0.1, -0.05) is 42.5 Å². The molecule has 0 saturated carbocycles. The van der Waals surface area contributed by atoms with E-state index in [2.05, 4.69) is 11.4 Å². The predicted molar refractivity (Wildman–Crippen MR) is 82.8 cm³/mol. The van der Waals surface area contributed by atoms with E-state index >= 15 is 0 Å². The van der Waals surface area contributed by atoms with Crippen molar-refractivity contribution in [1.82, 2.24) is 5.32 Å². The minimum atomic E-state index is -0.229. The third-order valence-corrected chi connectivity index (χ3v) is 4.15. The van der Waals surface area contributed by atoms with Gasteiger partial charge in [0, 0.05) is 24.6 Å². The minimum Gasteiger partial charge on any atom is -0.383 e. The molecule has 1 heterocycles. The highest BCUT2D eigenvalue weighted by molar-refractivity contribution is 5.64. The van der Waals surface area contributed by atoms with Crippen molar-refractivity contribution in [2.24, 2.45) is 0 Å². The van der Waals surface area contributed by atoms with Crippen molar-refractivity contribution in [3.63, 3.8) is 0 Å². The van der Waals surface area contributed by atoms with Gasteiger partial charge in [0.1, 0.15) is 11.9 Å². The molecule has 4 heteroatoms. The molecule has 0 spiro atoms. The summed E-state index contributed by atoms with van der Waals surface area (Å²) >= 11 is 0. The Bertz CT molecular complexity index is 693. The fourth-order valence-corrected chi connectivity index (χ4v) is 3.01. The smallest absolute Gasteiger partial charge is 0.131 e. The van der Waals surface area contributed by atoms with Gasteiger partial charge in [0.15, 0.2) is 0 Å². The molecule has 22 heavy (non-hydrogen) atoms. The van der Waals surface area contributed by atoms with Crippen molar-refractivity contribution in [2.45, 2.75) is 18.0 Å². The van der Waals surface area contributed by atoms with Crippen molar-refractivity contribution in [1.29, 1.82) is 5.26 Å². The first-order valence-electron chi connectivity index (χ1n) is 7.24.